The Balaban J connectivity index is 1.76. The lowest BCUT2D eigenvalue weighted by atomic mass is 9.99. The van der Waals surface area contributed by atoms with E-state index < -0.39 is 0 Å². The molecule has 1 aliphatic heterocycles. The van der Waals surface area contributed by atoms with Gasteiger partial charge in [-0.3, -0.25) is 9.69 Å². The van der Waals surface area contributed by atoms with Crippen molar-refractivity contribution in [2.75, 3.05) is 19.6 Å². The number of rotatable bonds is 5. The highest BCUT2D eigenvalue weighted by molar-refractivity contribution is 6.30. The molecule has 0 aliphatic carbocycles. The maximum absolute atomic E-state index is 12.3. The lowest BCUT2D eigenvalue weighted by Gasteiger charge is -2.18. The van der Waals surface area contributed by atoms with Crippen LogP contribution in [0.25, 0.3) is 0 Å². The van der Waals surface area contributed by atoms with E-state index in [9.17, 15) is 9.59 Å². The number of nitrogens with two attached hydrogens (primary N) is 1. The number of carbonyl (C=O) groups excluding carboxylic acids is 2. The van der Waals surface area contributed by atoms with Gasteiger partial charge in [0.25, 0.3) is 5.91 Å². The Hall–Kier alpha value is -2.37. The molecule has 2 aromatic rings. The Morgan fingerprint density at radius 1 is 1.12 bits per heavy atom. The molecule has 0 unspecified atom stereocenters. The van der Waals surface area contributed by atoms with Gasteiger partial charge in [-0.1, -0.05) is 54.1 Å². The summed E-state index contributed by atoms with van der Waals surface area (Å²) in [6.45, 7) is 1.15. The van der Waals surface area contributed by atoms with E-state index in [2.05, 4.69) is 5.32 Å². The number of carbonyl (C=O) groups is 2. The molecule has 0 spiro atoms. The fourth-order valence-corrected chi connectivity index (χ4v) is 2.96. The second-order valence-corrected chi connectivity index (χ2v) is 6.09. The molecule has 5 nitrogen and oxygen atoms in total. The number of amides is 3. The first-order valence-corrected chi connectivity index (χ1v) is 8.25. The minimum atomic E-state index is -0.309. The molecule has 0 saturated carbocycles. The van der Waals surface area contributed by atoms with Gasteiger partial charge in [0.2, 0.25) is 0 Å². The van der Waals surface area contributed by atoms with Gasteiger partial charge in [0.05, 0.1) is 0 Å². The van der Waals surface area contributed by atoms with Gasteiger partial charge in [0.1, 0.15) is 6.04 Å². The molecule has 3 N–H and O–H groups in total. The van der Waals surface area contributed by atoms with E-state index in [-0.39, 0.29) is 24.5 Å². The number of imide groups is 1. The van der Waals surface area contributed by atoms with Gasteiger partial charge in [-0.25, -0.2) is 4.79 Å². The molecular weight excluding hydrogens is 326 g/mol. The fourth-order valence-electron chi connectivity index (χ4n) is 2.83. The first-order valence-electron chi connectivity index (χ1n) is 7.87. The van der Waals surface area contributed by atoms with Crippen LogP contribution in [0.5, 0.6) is 0 Å². The molecule has 0 radical (unpaired) electrons. The van der Waals surface area contributed by atoms with Crippen LogP contribution in [0.3, 0.4) is 0 Å². The number of hydrogen-bond acceptors (Lipinski definition) is 2. The topological polar surface area (TPSA) is 66.0 Å². The number of urea groups is 1. The molecule has 1 heterocycles. The molecule has 1 fully saturated rings. The van der Waals surface area contributed by atoms with Crippen LogP contribution in [-0.4, -0.2) is 36.5 Å². The number of halogens is 1. The van der Waals surface area contributed by atoms with Crippen LogP contribution in [0.15, 0.2) is 54.6 Å². The summed E-state index contributed by atoms with van der Waals surface area (Å²) in [6.07, 6.45) is 0. The van der Waals surface area contributed by atoms with E-state index in [1.165, 1.54) is 4.90 Å². The van der Waals surface area contributed by atoms with Crippen molar-refractivity contribution in [2.24, 2.45) is 0 Å². The Morgan fingerprint density at radius 3 is 2.42 bits per heavy atom. The molecule has 24 heavy (non-hydrogen) atoms. The first-order chi connectivity index (χ1) is 11.6. The Labute approximate surface area is 145 Å². The van der Waals surface area contributed by atoms with E-state index >= 15 is 0 Å². The Kier molecular flexibility index (Phi) is 5.13. The monoisotopic (exact) mass is 344 g/mol. The van der Waals surface area contributed by atoms with Crippen molar-refractivity contribution < 1.29 is 14.9 Å². The lowest BCUT2D eigenvalue weighted by Crippen LogP contribution is -2.87. The molecule has 1 aliphatic rings. The fraction of sp³-hybridized carbons (Fsp3) is 0.222. The number of quaternary nitrogens is 1. The predicted molar refractivity (Wildman–Crippen MR) is 91.6 cm³/mol. The van der Waals surface area contributed by atoms with Gasteiger partial charge in [-0.2, -0.15) is 0 Å². The highest BCUT2D eigenvalue weighted by Gasteiger charge is 2.28. The van der Waals surface area contributed by atoms with Gasteiger partial charge in [-0.05, 0) is 12.1 Å². The summed E-state index contributed by atoms with van der Waals surface area (Å²) < 4.78 is 0. The van der Waals surface area contributed by atoms with Crippen LogP contribution in [-0.2, 0) is 4.79 Å². The average Bonchev–Trinajstić information content (AvgIpc) is 3.03. The normalized spacial score (nSPS) is 15.2. The molecule has 124 valence electrons. The lowest BCUT2D eigenvalue weighted by molar-refractivity contribution is -0.677. The van der Waals surface area contributed by atoms with Crippen molar-refractivity contribution in [3.63, 3.8) is 0 Å². The van der Waals surface area contributed by atoms with Crippen molar-refractivity contribution >= 4 is 23.5 Å². The zero-order chi connectivity index (χ0) is 16.9. The van der Waals surface area contributed by atoms with Gasteiger partial charge < -0.3 is 10.6 Å². The summed E-state index contributed by atoms with van der Waals surface area (Å²) in [5.74, 6) is -0.181. The summed E-state index contributed by atoms with van der Waals surface area (Å²) in [7, 11) is 0. The van der Waals surface area contributed by atoms with Crippen molar-refractivity contribution in [3.8, 4) is 0 Å². The quantitative estimate of drug-likeness (QED) is 0.864. The van der Waals surface area contributed by atoms with Gasteiger partial charge in [0.15, 0.2) is 6.54 Å². The van der Waals surface area contributed by atoms with E-state index in [1.807, 2.05) is 59.9 Å². The van der Waals surface area contributed by atoms with E-state index in [0.717, 1.165) is 11.1 Å². The average molecular weight is 345 g/mol. The summed E-state index contributed by atoms with van der Waals surface area (Å²) in [5.41, 5.74) is 2.16. The standard InChI is InChI=1S/C18H18ClN3O2/c19-15-8-6-14(7-9-15)17(13-4-2-1-3-5-13)21-12-16(23)22-11-10-20-18(22)24/h1-9,17,21H,10-12H2,(H,20,24)/p+1/t17-/m1/s1. The van der Waals surface area contributed by atoms with E-state index in [0.29, 0.717) is 18.1 Å². The minimum absolute atomic E-state index is 0.0296. The van der Waals surface area contributed by atoms with Crippen LogP contribution in [0.2, 0.25) is 5.02 Å². The largest absolute Gasteiger partial charge is 0.336 e. The Bertz CT molecular complexity index is 719. The highest BCUT2D eigenvalue weighted by atomic mass is 35.5. The summed E-state index contributed by atoms with van der Waals surface area (Å²) in [4.78, 5) is 25.2. The van der Waals surface area contributed by atoms with Crippen molar-refractivity contribution in [2.45, 2.75) is 6.04 Å². The number of benzene rings is 2. The molecule has 2 aromatic carbocycles. The molecular formula is C18H19ClN3O2+. The summed E-state index contributed by atoms with van der Waals surface area (Å²) in [6, 6.07) is 17.2. The molecule has 0 aromatic heterocycles. The van der Waals surface area contributed by atoms with Crippen LogP contribution >= 0.6 is 11.6 Å². The third kappa shape index (κ3) is 3.75. The molecule has 3 amide bonds. The number of hydrogen-bond donors (Lipinski definition) is 2. The van der Waals surface area contributed by atoms with Crippen molar-refractivity contribution in [1.82, 2.24) is 10.2 Å². The Morgan fingerprint density at radius 2 is 1.79 bits per heavy atom. The predicted octanol–water partition coefficient (Wildman–Crippen LogP) is 1.54. The smallest absolute Gasteiger partial charge is 0.324 e. The van der Waals surface area contributed by atoms with Crippen LogP contribution in [0, 0.1) is 0 Å². The first kappa shape index (κ1) is 16.5. The maximum Gasteiger partial charge on any atom is 0.324 e. The van der Waals surface area contributed by atoms with Gasteiger partial charge in [-0.15, -0.1) is 0 Å². The van der Waals surface area contributed by atoms with Crippen molar-refractivity contribution in [3.05, 3.63) is 70.7 Å². The summed E-state index contributed by atoms with van der Waals surface area (Å²) in [5, 5.41) is 5.27. The molecule has 1 saturated heterocycles. The minimum Gasteiger partial charge on any atom is -0.336 e. The van der Waals surface area contributed by atoms with E-state index in [4.69, 9.17) is 11.6 Å². The van der Waals surface area contributed by atoms with Crippen molar-refractivity contribution in [1.29, 1.82) is 0 Å². The van der Waals surface area contributed by atoms with Gasteiger partial charge in [0, 0.05) is 29.2 Å². The zero-order valence-electron chi connectivity index (χ0n) is 13.1. The molecule has 6 heteroatoms. The van der Waals surface area contributed by atoms with Gasteiger partial charge >= 0.3 is 6.03 Å². The maximum atomic E-state index is 12.3. The molecule has 1 atom stereocenters. The molecule has 0 bridgehead atoms. The zero-order valence-corrected chi connectivity index (χ0v) is 13.9. The van der Waals surface area contributed by atoms with Crippen LogP contribution in [0.4, 0.5) is 4.79 Å². The number of nitrogens with one attached hydrogen (secondary N) is 1. The number of nitrogens with zero attached hydrogens (tertiary/aromatic N) is 1. The SMILES string of the molecule is O=C(C[NH2+][C@H](c1ccccc1)c1ccc(Cl)cc1)N1CCNC1=O. The third-order valence-corrected chi connectivity index (χ3v) is 4.33. The molecule has 3 rings (SSSR count). The van der Waals surface area contributed by atoms with Crippen LogP contribution in [0.1, 0.15) is 17.2 Å². The third-order valence-electron chi connectivity index (χ3n) is 4.07. The highest BCUT2D eigenvalue weighted by Crippen LogP contribution is 2.20. The van der Waals surface area contributed by atoms with Crippen LogP contribution < -0.4 is 10.6 Å². The second kappa shape index (κ2) is 7.47. The van der Waals surface area contributed by atoms with E-state index in [1.54, 1.807) is 0 Å². The summed E-state index contributed by atoms with van der Waals surface area (Å²) >= 11 is 5.98. The second-order valence-electron chi connectivity index (χ2n) is 5.66.